The Kier molecular flexibility index (Phi) is 4.53. The zero-order valence-electron chi connectivity index (χ0n) is 15.4. The molecule has 3 heterocycles. The van der Waals surface area contributed by atoms with Gasteiger partial charge < -0.3 is 4.57 Å². The molecule has 0 spiro atoms. The summed E-state index contributed by atoms with van der Waals surface area (Å²) < 4.78 is 3.60. The van der Waals surface area contributed by atoms with Gasteiger partial charge >= 0.3 is 0 Å². The Morgan fingerprint density at radius 3 is 2.67 bits per heavy atom. The molecule has 7 heteroatoms. The molecule has 136 valence electrons. The highest BCUT2D eigenvalue weighted by atomic mass is 32.2. The summed E-state index contributed by atoms with van der Waals surface area (Å²) >= 11 is 1.52. The molecule has 6 nitrogen and oxygen atoms in total. The summed E-state index contributed by atoms with van der Waals surface area (Å²) in [6.45, 7) is 3.96. The van der Waals surface area contributed by atoms with Crippen molar-refractivity contribution in [2.75, 3.05) is 0 Å². The molecule has 4 rings (SSSR count). The summed E-state index contributed by atoms with van der Waals surface area (Å²) in [4.78, 5) is 17.0. The highest BCUT2D eigenvalue weighted by Crippen LogP contribution is 2.26. The van der Waals surface area contributed by atoms with E-state index in [-0.39, 0.29) is 5.56 Å². The third-order valence-corrected chi connectivity index (χ3v) is 5.56. The van der Waals surface area contributed by atoms with Crippen LogP contribution < -0.4 is 5.56 Å². The average Bonchev–Trinajstić information content (AvgIpc) is 3.01. The molecule has 4 aromatic rings. The van der Waals surface area contributed by atoms with Crippen LogP contribution in [0.15, 0.2) is 58.5 Å². The lowest BCUT2D eigenvalue weighted by molar-refractivity contribution is 0.793. The fourth-order valence-corrected chi connectivity index (χ4v) is 3.88. The molecule has 1 aromatic carbocycles. The molecule has 0 bridgehead atoms. The van der Waals surface area contributed by atoms with Crippen molar-refractivity contribution in [1.82, 2.24) is 24.1 Å². The van der Waals surface area contributed by atoms with E-state index in [2.05, 4.69) is 28.2 Å². The van der Waals surface area contributed by atoms with E-state index in [0.717, 1.165) is 33.5 Å². The van der Waals surface area contributed by atoms with E-state index < -0.39 is 0 Å². The predicted octanol–water partition coefficient (Wildman–Crippen LogP) is 3.40. The van der Waals surface area contributed by atoms with E-state index in [1.165, 1.54) is 11.8 Å². The third kappa shape index (κ3) is 3.26. The average molecular weight is 377 g/mol. The summed E-state index contributed by atoms with van der Waals surface area (Å²) in [7, 11) is 1.95. The second-order valence-electron chi connectivity index (χ2n) is 6.42. The molecule has 0 unspecified atom stereocenters. The molecule has 0 saturated heterocycles. The largest absolute Gasteiger partial charge is 0.305 e. The molecule has 0 radical (unpaired) electrons. The van der Waals surface area contributed by atoms with Crippen LogP contribution >= 0.6 is 11.8 Å². The van der Waals surface area contributed by atoms with Crippen LogP contribution in [0, 0.1) is 13.8 Å². The van der Waals surface area contributed by atoms with Crippen LogP contribution in [-0.4, -0.2) is 24.1 Å². The second kappa shape index (κ2) is 7.00. The SMILES string of the molecule is Cc1ccccc1-c1nnc(SCc2cc(=O)n3c(C)cccc3n2)n1C. The molecule has 27 heavy (non-hydrogen) atoms. The van der Waals surface area contributed by atoms with Gasteiger partial charge in [-0.05, 0) is 31.5 Å². The monoisotopic (exact) mass is 377 g/mol. The number of aryl methyl sites for hydroxylation is 2. The van der Waals surface area contributed by atoms with Crippen molar-refractivity contribution in [2.45, 2.75) is 24.8 Å². The number of thioether (sulfide) groups is 1. The first kappa shape index (κ1) is 17.5. The molecule has 0 atom stereocenters. The minimum absolute atomic E-state index is 0.0627. The number of hydrogen-bond acceptors (Lipinski definition) is 5. The van der Waals surface area contributed by atoms with Crippen molar-refractivity contribution < 1.29 is 0 Å². The zero-order valence-corrected chi connectivity index (χ0v) is 16.2. The van der Waals surface area contributed by atoms with Crippen molar-refractivity contribution in [3.05, 3.63) is 75.8 Å². The topological polar surface area (TPSA) is 65.1 Å². The molecule has 0 aliphatic carbocycles. The van der Waals surface area contributed by atoms with Crippen LogP contribution in [0.25, 0.3) is 17.0 Å². The lowest BCUT2D eigenvalue weighted by Gasteiger charge is -2.07. The van der Waals surface area contributed by atoms with Gasteiger partial charge in [0.15, 0.2) is 11.0 Å². The van der Waals surface area contributed by atoms with Gasteiger partial charge in [-0.25, -0.2) is 4.98 Å². The first-order chi connectivity index (χ1) is 13.0. The molecule has 0 amide bonds. The van der Waals surface area contributed by atoms with Crippen LogP contribution in [0.2, 0.25) is 0 Å². The Balaban J connectivity index is 1.61. The first-order valence-corrected chi connectivity index (χ1v) is 9.59. The second-order valence-corrected chi connectivity index (χ2v) is 7.36. The van der Waals surface area contributed by atoms with Gasteiger partial charge in [-0.15, -0.1) is 10.2 Å². The molecule has 0 fully saturated rings. The molecular weight excluding hydrogens is 358 g/mol. The molecule has 3 aromatic heterocycles. The third-order valence-electron chi connectivity index (χ3n) is 4.50. The fraction of sp³-hybridized carbons (Fsp3) is 0.200. The maximum atomic E-state index is 12.4. The lowest BCUT2D eigenvalue weighted by atomic mass is 10.1. The Hall–Kier alpha value is -2.93. The highest BCUT2D eigenvalue weighted by molar-refractivity contribution is 7.98. The Labute approximate surface area is 160 Å². The molecule has 0 saturated carbocycles. The van der Waals surface area contributed by atoms with Gasteiger partial charge in [0.25, 0.3) is 5.56 Å². The van der Waals surface area contributed by atoms with Gasteiger partial charge in [-0.2, -0.15) is 0 Å². The molecular formula is C20H19N5OS. The minimum atomic E-state index is -0.0627. The quantitative estimate of drug-likeness (QED) is 0.510. The van der Waals surface area contributed by atoms with Crippen LogP contribution in [0.3, 0.4) is 0 Å². The smallest absolute Gasteiger partial charge is 0.258 e. The van der Waals surface area contributed by atoms with Crippen molar-refractivity contribution in [1.29, 1.82) is 0 Å². The van der Waals surface area contributed by atoms with Crippen molar-refractivity contribution >= 4 is 17.4 Å². The van der Waals surface area contributed by atoms with E-state index >= 15 is 0 Å². The molecule has 0 aliphatic heterocycles. The summed E-state index contributed by atoms with van der Waals surface area (Å²) in [5.74, 6) is 1.39. The van der Waals surface area contributed by atoms with Gasteiger partial charge in [0, 0.05) is 30.1 Å². The zero-order chi connectivity index (χ0) is 19.0. The molecule has 0 N–H and O–H groups in total. The molecule has 0 aliphatic rings. The number of hydrogen-bond donors (Lipinski definition) is 0. The van der Waals surface area contributed by atoms with Crippen LogP contribution in [0.4, 0.5) is 0 Å². The Bertz CT molecular complexity index is 1190. The van der Waals surface area contributed by atoms with Crippen LogP contribution in [-0.2, 0) is 12.8 Å². The van der Waals surface area contributed by atoms with Crippen molar-refractivity contribution in [3.63, 3.8) is 0 Å². The van der Waals surface area contributed by atoms with Crippen molar-refractivity contribution in [2.24, 2.45) is 7.05 Å². The summed E-state index contributed by atoms with van der Waals surface area (Å²) in [5, 5.41) is 9.45. The highest BCUT2D eigenvalue weighted by Gasteiger charge is 2.13. The van der Waals surface area contributed by atoms with E-state index in [1.807, 2.05) is 54.9 Å². The van der Waals surface area contributed by atoms with Crippen LogP contribution in [0.1, 0.15) is 17.0 Å². The number of rotatable bonds is 4. The summed E-state index contributed by atoms with van der Waals surface area (Å²) in [6, 6.07) is 15.4. The van der Waals surface area contributed by atoms with Gasteiger partial charge in [0.1, 0.15) is 5.65 Å². The van der Waals surface area contributed by atoms with Crippen LogP contribution in [0.5, 0.6) is 0 Å². The standard InChI is InChI=1S/C20H19N5OS/c1-13-7-4-5-9-16(13)19-22-23-20(24(19)3)27-12-15-11-18(26)25-14(2)8-6-10-17(25)21-15/h4-11H,12H2,1-3H3. The number of fused-ring (bicyclic) bond motifs is 1. The predicted molar refractivity (Wildman–Crippen MR) is 107 cm³/mol. The van der Waals surface area contributed by atoms with Gasteiger partial charge in [-0.3, -0.25) is 9.20 Å². The fourth-order valence-electron chi connectivity index (χ4n) is 3.08. The minimum Gasteiger partial charge on any atom is -0.305 e. The van der Waals surface area contributed by atoms with E-state index in [1.54, 1.807) is 10.5 Å². The number of nitrogens with zero attached hydrogens (tertiary/aromatic N) is 5. The van der Waals surface area contributed by atoms with Gasteiger partial charge in [0.05, 0.1) is 5.69 Å². The maximum absolute atomic E-state index is 12.4. The number of pyridine rings is 1. The van der Waals surface area contributed by atoms with Gasteiger partial charge in [-0.1, -0.05) is 42.1 Å². The first-order valence-electron chi connectivity index (χ1n) is 8.61. The normalized spacial score (nSPS) is 11.2. The van der Waals surface area contributed by atoms with Gasteiger partial charge in [0.2, 0.25) is 0 Å². The maximum Gasteiger partial charge on any atom is 0.258 e. The summed E-state index contributed by atoms with van der Waals surface area (Å²) in [5.41, 5.74) is 4.43. The lowest BCUT2D eigenvalue weighted by Crippen LogP contribution is -2.17. The number of benzene rings is 1. The van der Waals surface area contributed by atoms with E-state index in [9.17, 15) is 4.79 Å². The Morgan fingerprint density at radius 1 is 1.04 bits per heavy atom. The number of aromatic nitrogens is 5. The summed E-state index contributed by atoms with van der Waals surface area (Å²) in [6.07, 6.45) is 0. The van der Waals surface area contributed by atoms with Crippen molar-refractivity contribution in [3.8, 4) is 11.4 Å². The van der Waals surface area contributed by atoms with E-state index in [0.29, 0.717) is 11.4 Å². The van der Waals surface area contributed by atoms with E-state index in [4.69, 9.17) is 0 Å². The Morgan fingerprint density at radius 2 is 1.85 bits per heavy atom.